The Balaban J connectivity index is 2.23. The Bertz CT molecular complexity index is 1070. The van der Waals surface area contributed by atoms with Gasteiger partial charge in [0, 0.05) is 43.0 Å². The average Bonchev–Trinajstić information content (AvgIpc) is 3.09. The number of ether oxygens (including phenoxy) is 2. The van der Waals surface area contributed by atoms with Crippen LogP contribution in [0.1, 0.15) is 24.7 Å². The van der Waals surface area contributed by atoms with Crippen molar-refractivity contribution in [2.24, 2.45) is 0 Å². The van der Waals surface area contributed by atoms with E-state index in [-0.39, 0.29) is 11.3 Å². The number of Topliss-reactive ketones (excluding diaryl/α,β-unsaturated/α-hetero) is 1. The summed E-state index contributed by atoms with van der Waals surface area (Å²) >= 11 is 1.44. The molecule has 0 aliphatic heterocycles. The zero-order chi connectivity index (χ0) is 20.3. The molecule has 0 bridgehead atoms. The fourth-order valence-electron chi connectivity index (χ4n) is 3.18. The largest absolute Gasteiger partial charge is 0.496 e. The Labute approximate surface area is 167 Å². The number of ketones is 1. The van der Waals surface area contributed by atoms with Crippen LogP contribution in [-0.2, 0) is 22.5 Å². The maximum absolute atomic E-state index is 13.4. The molecule has 0 aliphatic carbocycles. The normalized spacial score (nSPS) is 11.1. The van der Waals surface area contributed by atoms with Gasteiger partial charge in [-0.25, -0.2) is 4.98 Å². The molecule has 0 fully saturated rings. The van der Waals surface area contributed by atoms with Gasteiger partial charge < -0.3 is 9.47 Å². The van der Waals surface area contributed by atoms with Crippen molar-refractivity contribution in [3.63, 3.8) is 0 Å². The second kappa shape index (κ2) is 8.67. The second-order valence-electron chi connectivity index (χ2n) is 6.71. The molecule has 148 valence electrons. The Morgan fingerprint density at radius 1 is 1.25 bits per heavy atom. The Morgan fingerprint density at radius 3 is 2.71 bits per heavy atom. The summed E-state index contributed by atoms with van der Waals surface area (Å²) in [4.78, 5) is 30.3. The number of fused-ring (bicyclic) bond motifs is 1. The SMILES string of the molecule is COCCc1nc2scc(-c3cc(C)ccc3OC)c2c(=O)n1CCC(C)=O. The highest BCUT2D eigenvalue weighted by Crippen LogP contribution is 2.37. The van der Waals surface area contributed by atoms with E-state index in [9.17, 15) is 9.59 Å². The van der Waals surface area contributed by atoms with Crippen LogP contribution in [0.15, 0.2) is 28.4 Å². The van der Waals surface area contributed by atoms with Crippen molar-refractivity contribution in [2.45, 2.75) is 33.2 Å². The van der Waals surface area contributed by atoms with Crippen molar-refractivity contribution < 1.29 is 14.3 Å². The van der Waals surface area contributed by atoms with Crippen molar-refractivity contribution in [2.75, 3.05) is 20.8 Å². The summed E-state index contributed by atoms with van der Waals surface area (Å²) < 4.78 is 12.3. The number of nitrogens with zero attached hydrogens (tertiary/aromatic N) is 2. The predicted molar refractivity (Wildman–Crippen MR) is 111 cm³/mol. The molecule has 2 heterocycles. The number of benzene rings is 1. The molecule has 3 aromatic rings. The van der Waals surface area contributed by atoms with Gasteiger partial charge in [0.2, 0.25) is 0 Å². The van der Waals surface area contributed by atoms with Gasteiger partial charge in [-0.3, -0.25) is 14.2 Å². The molecule has 0 spiro atoms. The number of aryl methyl sites for hydroxylation is 1. The van der Waals surface area contributed by atoms with Gasteiger partial charge in [0.05, 0.1) is 19.1 Å². The predicted octanol–water partition coefficient (Wildman–Crippen LogP) is 3.61. The van der Waals surface area contributed by atoms with Crippen LogP contribution in [0.25, 0.3) is 21.3 Å². The molecule has 3 rings (SSSR count). The van der Waals surface area contributed by atoms with E-state index in [1.165, 1.54) is 18.3 Å². The molecular weight excluding hydrogens is 376 g/mol. The van der Waals surface area contributed by atoms with Gasteiger partial charge in [-0.2, -0.15) is 0 Å². The number of hydrogen-bond acceptors (Lipinski definition) is 6. The van der Waals surface area contributed by atoms with Crippen LogP contribution in [0.5, 0.6) is 5.75 Å². The number of hydrogen-bond donors (Lipinski definition) is 0. The third-order valence-electron chi connectivity index (χ3n) is 4.64. The van der Waals surface area contributed by atoms with Gasteiger partial charge in [0.1, 0.15) is 22.2 Å². The lowest BCUT2D eigenvalue weighted by atomic mass is 10.0. The summed E-state index contributed by atoms with van der Waals surface area (Å²) in [7, 11) is 3.23. The lowest BCUT2D eigenvalue weighted by Gasteiger charge is -2.13. The van der Waals surface area contributed by atoms with Crippen molar-refractivity contribution in [1.29, 1.82) is 0 Å². The molecular formula is C21H24N2O4S. The molecule has 0 saturated carbocycles. The van der Waals surface area contributed by atoms with Crippen LogP contribution in [0.4, 0.5) is 0 Å². The molecule has 0 aliphatic rings. The average molecular weight is 401 g/mol. The van der Waals surface area contributed by atoms with E-state index in [1.54, 1.807) is 18.8 Å². The zero-order valence-electron chi connectivity index (χ0n) is 16.6. The number of rotatable bonds is 8. The fourth-order valence-corrected chi connectivity index (χ4v) is 4.13. The van der Waals surface area contributed by atoms with E-state index in [4.69, 9.17) is 14.5 Å². The maximum atomic E-state index is 13.4. The maximum Gasteiger partial charge on any atom is 0.262 e. The van der Waals surface area contributed by atoms with E-state index < -0.39 is 0 Å². The summed E-state index contributed by atoms with van der Waals surface area (Å²) in [5.74, 6) is 1.39. The summed E-state index contributed by atoms with van der Waals surface area (Å²) in [6.45, 7) is 4.31. The first-order valence-corrected chi connectivity index (χ1v) is 9.98. The first-order valence-electron chi connectivity index (χ1n) is 9.10. The second-order valence-corrected chi connectivity index (χ2v) is 7.57. The zero-order valence-corrected chi connectivity index (χ0v) is 17.4. The molecule has 0 atom stereocenters. The van der Waals surface area contributed by atoms with Gasteiger partial charge in [-0.15, -0.1) is 11.3 Å². The van der Waals surface area contributed by atoms with E-state index in [2.05, 4.69) is 0 Å². The van der Waals surface area contributed by atoms with E-state index in [1.807, 2.05) is 30.5 Å². The summed E-state index contributed by atoms with van der Waals surface area (Å²) in [5, 5.41) is 2.52. The molecule has 2 aromatic heterocycles. The highest BCUT2D eigenvalue weighted by atomic mass is 32.1. The van der Waals surface area contributed by atoms with Gasteiger partial charge in [-0.1, -0.05) is 11.6 Å². The Hall–Kier alpha value is -2.51. The van der Waals surface area contributed by atoms with Gasteiger partial charge in [0.15, 0.2) is 0 Å². The molecule has 7 heteroatoms. The minimum atomic E-state index is -0.128. The topological polar surface area (TPSA) is 70.4 Å². The number of thiophene rings is 1. The van der Waals surface area contributed by atoms with Crippen LogP contribution in [0.3, 0.4) is 0 Å². The molecule has 28 heavy (non-hydrogen) atoms. The van der Waals surface area contributed by atoms with Crippen molar-refractivity contribution >= 4 is 27.3 Å². The Kier molecular flexibility index (Phi) is 6.26. The molecule has 0 saturated heterocycles. The minimum absolute atomic E-state index is 0.0376. The minimum Gasteiger partial charge on any atom is -0.496 e. The molecule has 1 aromatic carbocycles. The summed E-state index contributed by atoms with van der Waals surface area (Å²) in [6.07, 6.45) is 0.806. The van der Waals surface area contributed by atoms with Crippen LogP contribution in [-0.4, -0.2) is 36.2 Å². The first kappa shape index (κ1) is 20.2. The van der Waals surface area contributed by atoms with E-state index >= 15 is 0 Å². The Morgan fingerprint density at radius 2 is 2.04 bits per heavy atom. The monoisotopic (exact) mass is 400 g/mol. The smallest absolute Gasteiger partial charge is 0.262 e. The van der Waals surface area contributed by atoms with Crippen molar-refractivity contribution in [3.05, 3.63) is 45.3 Å². The third kappa shape index (κ3) is 4.00. The van der Waals surface area contributed by atoms with Crippen LogP contribution < -0.4 is 10.3 Å². The lowest BCUT2D eigenvalue weighted by molar-refractivity contribution is -0.117. The fraction of sp³-hybridized carbons (Fsp3) is 0.381. The van der Waals surface area contributed by atoms with Crippen LogP contribution in [0, 0.1) is 6.92 Å². The highest BCUT2D eigenvalue weighted by molar-refractivity contribution is 7.17. The van der Waals surface area contributed by atoms with Crippen molar-refractivity contribution in [1.82, 2.24) is 9.55 Å². The van der Waals surface area contributed by atoms with Gasteiger partial charge in [-0.05, 0) is 26.0 Å². The quantitative estimate of drug-likeness (QED) is 0.578. The number of carbonyl (C=O) groups is 1. The molecule has 0 unspecified atom stereocenters. The van der Waals surface area contributed by atoms with E-state index in [0.29, 0.717) is 47.8 Å². The number of carbonyl (C=O) groups excluding carboxylic acids is 1. The lowest BCUT2D eigenvalue weighted by Crippen LogP contribution is -2.27. The highest BCUT2D eigenvalue weighted by Gasteiger charge is 2.19. The molecule has 0 radical (unpaired) electrons. The van der Waals surface area contributed by atoms with Crippen molar-refractivity contribution in [3.8, 4) is 16.9 Å². The van der Waals surface area contributed by atoms with Crippen LogP contribution in [0.2, 0.25) is 0 Å². The van der Waals surface area contributed by atoms with Gasteiger partial charge >= 0.3 is 0 Å². The number of aromatic nitrogens is 2. The summed E-state index contributed by atoms with van der Waals surface area (Å²) in [5.41, 5.74) is 2.64. The molecule has 0 amide bonds. The van der Waals surface area contributed by atoms with Crippen LogP contribution >= 0.6 is 11.3 Å². The molecule has 0 N–H and O–H groups in total. The number of methoxy groups -OCH3 is 2. The van der Waals surface area contributed by atoms with E-state index in [0.717, 1.165) is 16.7 Å². The van der Waals surface area contributed by atoms with Gasteiger partial charge in [0.25, 0.3) is 5.56 Å². The molecule has 6 nitrogen and oxygen atoms in total. The first-order chi connectivity index (χ1) is 13.5. The summed E-state index contributed by atoms with van der Waals surface area (Å²) in [6, 6.07) is 5.89. The third-order valence-corrected chi connectivity index (χ3v) is 5.51. The standard InChI is InChI=1S/C21H24N2O4S/c1-13-5-6-17(27-4)15(11-13)16-12-28-20-19(16)21(25)23(9-7-14(2)24)18(22-20)8-10-26-3/h5-6,11-12H,7-10H2,1-4H3.